The molecule has 0 spiro atoms. The van der Waals surface area contributed by atoms with Crippen LogP contribution in [-0.2, 0) is 0 Å². The van der Waals surface area contributed by atoms with Crippen LogP contribution in [0, 0.1) is 0 Å². The summed E-state index contributed by atoms with van der Waals surface area (Å²) < 4.78 is 0.886. The lowest BCUT2D eigenvalue weighted by Gasteiger charge is -2.16. The SMILES string of the molecule is CNc1ncnc(NCCN(C)C2CC2)c1Br. The Morgan fingerprint density at radius 3 is 2.76 bits per heavy atom. The van der Waals surface area contributed by atoms with Crippen molar-refractivity contribution in [3.05, 3.63) is 10.8 Å². The van der Waals surface area contributed by atoms with Gasteiger partial charge >= 0.3 is 0 Å². The molecule has 0 amide bonds. The van der Waals surface area contributed by atoms with Crippen LogP contribution in [0.1, 0.15) is 12.8 Å². The molecule has 1 aliphatic rings. The van der Waals surface area contributed by atoms with Gasteiger partial charge in [-0.15, -0.1) is 0 Å². The van der Waals surface area contributed by atoms with Crippen LogP contribution in [0.25, 0.3) is 0 Å². The van der Waals surface area contributed by atoms with Gasteiger partial charge in [0.2, 0.25) is 0 Å². The summed E-state index contributed by atoms with van der Waals surface area (Å²) in [4.78, 5) is 10.7. The van der Waals surface area contributed by atoms with Crippen molar-refractivity contribution in [2.75, 3.05) is 37.8 Å². The zero-order valence-corrected chi connectivity index (χ0v) is 11.8. The zero-order valence-electron chi connectivity index (χ0n) is 10.2. The van der Waals surface area contributed by atoms with E-state index in [2.05, 4.69) is 48.5 Å². The molecule has 6 heteroatoms. The Labute approximate surface area is 110 Å². The maximum Gasteiger partial charge on any atom is 0.145 e. The average molecular weight is 300 g/mol. The second kappa shape index (κ2) is 5.64. The zero-order chi connectivity index (χ0) is 12.3. The highest BCUT2D eigenvalue weighted by Gasteiger charge is 2.25. The highest BCUT2D eigenvalue weighted by Crippen LogP contribution is 2.26. The molecule has 2 rings (SSSR count). The number of halogens is 1. The fourth-order valence-electron chi connectivity index (χ4n) is 1.72. The maximum absolute atomic E-state index is 4.22. The van der Waals surface area contributed by atoms with Gasteiger partial charge in [-0.2, -0.15) is 0 Å². The van der Waals surface area contributed by atoms with E-state index in [1.165, 1.54) is 12.8 Å². The Kier molecular flexibility index (Phi) is 4.17. The molecule has 0 aliphatic heterocycles. The Morgan fingerprint density at radius 2 is 2.12 bits per heavy atom. The number of rotatable bonds is 6. The summed E-state index contributed by atoms with van der Waals surface area (Å²) >= 11 is 3.49. The first kappa shape index (κ1) is 12.6. The number of hydrogen-bond acceptors (Lipinski definition) is 5. The fraction of sp³-hybridized carbons (Fsp3) is 0.636. The minimum atomic E-state index is 0.804. The minimum Gasteiger partial charge on any atom is -0.372 e. The lowest BCUT2D eigenvalue weighted by atomic mass is 10.4. The summed E-state index contributed by atoms with van der Waals surface area (Å²) in [6.45, 7) is 1.93. The van der Waals surface area contributed by atoms with E-state index in [0.29, 0.717) is 0 Å². The van der Waals surface area contributed by atoms with E-state index in [1.54, 1.807) is 6.33 Å². The van der Waals surface area contributed by atoms with E-state index in [0.717, 1.165) is 35.2 Å². The fourth-order valence-corrected chi connectivity index (χ4v) is 2.26. The Balaban J connectivity index is 1.85. The number of likely N-dealkylation sites (N-methyl/N-ethyl adjacent to an activating group) is 1. The molecule has 1 heterocycles. The summed E-state index contributed by atoms with van der Waals surface area (Å²) in [7, 11) is 4.02. The number of anilines is 2. The number of aromatic nitrogens is 2. The highest BCUT2D eigenvalue weighted by atomic mass is 79.9. The first-order valence-corrected chi connectivity index (χ1v) is 6.64. The van der Waals surface area contributed by atoms with E-state index in [-0.39, 0.29) is 0 Å². The summed E-state index contributed by atoms with van der Waals surface area (Å²) in [6, 6.07) is 0.804. The van der Waals surface area contributed by atoms with Crippen LogP contribution in [0.5, 0.6) is 0 Å². The van der Waals surface area contributed by atoms with Crippen molar-refractivity contribution in [2.24, 2.45) is 0 Å². The highest BCUT2D eigenvalue weighted by molar-refractivity contribution is 9.10. The quantitative estimate of drug-likeness (QED) is 0.839. The van der Waals surface area contributed by atoms with Crippen molar-refractivity contribution in [3.8, 4) is 0 Å². The molecule has 1 aromatic heterocycles. The van der Waals surface area contributed by atoms with Gasteiger partial charge in [-0.05, 0) is 35.8 Å². The Bertz CT molecular complexity index is 380. The van der Waals surface area contributed by atoms with Crippen LogP contribution in [0.2, 0.25) is 0 Å². The summed E-state index contributed by atoms with van der Waals surface area (Å²) in [5.74, 6) is 1.64. The molecule has 1 saturated carbocycles. The molecular formula is C11H18BrN5. The normalized spacial score (nSPS) is 15.1. The van der Waals surface area contributed by atoms with Crippen molar-refractivity contribution >= 4 is 27.6 Å². The summed E-state index contributed by atoms with van der Waals surface area (Å²) in [6.07, 6.45) is 4.25. The Morgan fingerprint density at radius 1 is 1.41 bits per heavy atom. The lowest BCUT2D eigenvalue weighted by Crippen LogP contribution is -2.27. The first-order valence-electron chi connectivity index (χ1n) is 5.84. The van der Waals surface area contributed by atoms with Gasteiger partial charge in [-0.25, -0.2) is 9.97 Å². The maximum atomic E-state index is 4.22. The van der Waals surface area contributed by atoms with Gasteiger partial charge in [0, 0.05) is 26.2 Å². The van der Waals surface area contributed by atoms with Crippen LogP contribution >= 0.6 is 15.9 Å². The van der Waals surface area contributed by atoms with E-state index in [9.17, 15) is 0 Å². The van der Waals surface area contributed by atoms with Crippen LogP contribution < -0.4 is 10.6 Å². The number of nitrogens with one attached hydrogen (secondary N) is 2. The molecule has 5 nitrogen and oxygen atoms in total. The van der Waals surface area contributed by atoms with E-state index in [1.807, 2.05) is 7.05 Å². The van der Waals surface area contributed by atoms with Gasteiger partial charge in [0.15, 0.2) is 0 Å². The van der Waals surface area contributed by atoms with Crippen molar-refractivity contribution in [1.82, 2.24) is 14.9 Å². The van der Waals surface area contributed by atoms with Crippen LogP contribution in [0.15, 0.2) is 10.8 Å². The van der Waals surface area contributed by atoms with Crippen molar-refractivity contribution in [3.63, 3.8) is 0 Å². The Hall–Kier alpha value is -0.880. The predicted octanol–water partition coefficient (Wildman–Crippen LogP) is 1.79. The average Bonchev–Trinajstić information content (AvgIpc) is 3.15. The molecule has 2 N–H and O–H groups in total. The molecule has 0 bridgehead atoms. The molecule has 1 aromatic rings. The van der Waals surface area contributed by atoms with Gasteiger partial charge in [0.25, 0.3) is 0 Å². The van der Waals surface area contributed by atoms with Crippen molar-refractivity contribution in [2.45, 2.75) is 18.9 Å². The van der Waals surface area contributed by atoms with Gasteiger partial charge in [-0.1, -0.05) is 0 Å². The molecule has 1 fully saturated rings. The molecule has 94 valence electrons. The second-order valence-corrected chi connectivity index (χ2v) is 5.07. The molecule has 17 heavy (non-hydrogen) atoms. The molecule has 1 aliphatic carbocycles. The van der Waals surface area contributed by atoms with Crippen LogP contribution in [0.3, 0.4) is 0 Å². The van der Waals surface area contributed by atoms with Crippen LogP contribution in [0.4, 0.5) is 11.6 Å². The summed E-state index contributed by atoms with van der Waals surface area (Å²) in [5, 5.41) is 6.34. The van der Waals surface area contributed by atoms with Gasteiger partial charge < -0.3 is 15.5 Å². The van der Waals surface area contributed by atoms with Crippen LogP contribution in [-0.4, -0.2) is 48.1 Å². The molecule has 0 unspecified atom stereocenters. The largest absolute Gasteiger partial charge is 0.372 e. The second-order valence-electron chi connectivity index (χ2n) is 4.27. The first-order chi connectivity index (χ1) is 8.22. The third-order valence-electron chi connectivity index (χ3n) is 2.95. The lowest BCUT2D eigenvalue weighted by molar-refractivity contribution is 0.337. The monoisotopic (exact) mass is 299 g/mol. The topological polar surface area (TPSA) is 53.1 Å². The predicted molar refractivity (Wildman–Crippen MR) is 73.4 cm³/mol. The third kappa shape index (κ3) is 3.29. The molecule has 0 saturated heterocycles. The van der Waals surface area contributed by atoms with Gasteiger partial charge in [0.05, 0.1) is 0 Å². The van der Waals surface area contributed by atoms with E-state index in [4.69, 9.17) is 0 Å². The smallest absolute Gasteiger partial charge is 0.145 e. The minimum absolute atomic E-state index is 0.804. The van der Waals surface area contributed by atoms with E-state index >= 15 is 0 Å². The number of hydrogen-bond donors (Lipinski definition) is 2. The molecular weight excluding hydrogens is 282 g/mol. The van der Waals surface area contributed by atoms with Gasteiger partial charge in [0.1, 0.15) is 22.4 Å². The third-order valence-corrected chi connectivity index (χ3v) is 3.70. The molecule has 0 radical (unpaired) electrons. The molecule has 0 atom stereocenters. The molecule has 0 aromatic carbocycles. The summed E-state index contributed by atoms with van der Waals surface area (Å²) in [5.41, 5.74) is 0. The standard InChI is InChI=1S/C11H18BrN5/c1-13-10-9(12)11(16-7-15-10)14-5-6-17(2)8-3-4-8/h7-8H,3-6H2,1-2H3,(H2,13,14,15,16). The van der Waals surface area contributed by atoms with Gasteiger partial charge in [-0.3, -0.25) is 0 Å². The number of nitrogens with zero attached hydrogens (tertiary/aromatic N) is 3. The van der Waals surface area contributed by atoms with E-state index < -0.39 is 0 Å². The van der Waals surface area contributed by atoms with Crippen molar-refractivity contribution in [1.29, 1.82) is 0 Å². The van der Waals surface area contributed by atoms with Crippen molar-refractivity contribution < 1.29 is 0 Å².